The van der Waals surface area contributed by atoms with Gasteiger partial charge in [0.05, 0.1) is 17.2 Å². The summed E-state index contributed by atoms with van der Waals surface area (Å²) in [7, 11) is 0. The number of imidazole rings is 1. The van der Waals surface area contributed by atoms with E-state index in [2.05, 4.69) is 4.98 Å². The van der Waals surface area contributed by atoms with Gasteiger partial charge in [0.15, 0.2) is 5.65 Å². The minimum Gasteiger partial charge on any atom is -0.465 e. The van der Waals surface area contributed by atoms with Crippen LogP contribution in [0.4, 0.5) is 4.79 Å². The first kappa shape index (κ1) is 16.6. The summed E-state index contributed by atoms with van der Waals surface area (Å²) in [5.41, 5.74) is 1.88. The van der Waals surface area contributed by atoms with Crippen molar-refractivity contribution in [2.75, 3.05) is 13.1 Å². The number of aromatic nitrogens is 3. The predicted molar refractivity (Wildman–Crippen MR) is 106 cm³/mol. The Labute approximate surface area is 160 Å². The molecule has 7 heteroatoms. The van der Waals surface area contributed by atoms with E-state index in [1.54, 1.807) is 15.3 Å². The summed E-state index contributed by atoms with van der Waals surface area (Å²) in [5.74, 6) is 0. The molecule has 0 spiro atoms. The van der Waals surface area contributed by atoms with Crippen LogP contribution in [-0.2, 0) is 0 Å². The molecule has 28 heavy (non-hydrogen) atoms. The molecule has 5 rings (SSSR count). The van der Waals surface area contributed by atoms with Crippen molar-refractivity contribution >= 4 is 28.0 Å². The molecule has 0 saturated carbocycles. The number of hydrogen-bond donors (Lipinski definition) is 1. The Hall–Kier alpha value is -3.61. The van der Waals surface area contributed by atoms with Gasteiger partial charge in [-0.1, -0.05) is 30.3 Å². The van der Waals surface area contributed by atoms with Crippen molar-refractivity contribution in [3.8, 4) is 5.69 Å². The maximum atomic E-state index is 13.4. The van der Waals surface area contributed by atoms with E-state index in [-0.39, 0.29) is 11.7 Å². The van der Waals surface area contributed by atoms with E-state index in [1.807, 2.05) is 54.6 Å². The first-order chi connectivity index (χ1) is 13.6. The lowest BCUT2D eigenvalue weighted by atomic mass is 10.1. The Morgan fingerprint density at radius 3 is 2.68 bits per heavy atom. The van der Waals surface area contributed by atoms with Gasteiger partial charge in [0.25, 0.3) is 0 Å². The number of hydrogen-bond acceptors (Lipinski definition) is 3. The van der Waals surface area contributed by atoms with Crippen LogP contribution in [0, 0.1) is 0 Å². The fourth-order valence-corrected chi connectivity index (χ4v) is 4.07. The van der Waals surface area contributed by atoms with E-state index >= 15 is 0 Å². The van der Waals surface area contributed by atoms with Crippen molar-refractivity contribution in [2.45, 2.75) is 12.5 Å². The molecule has 2 aromatic carbocycles. The molecular formula is C21H18N4O3. The van der Waals surface area contributed by atoms with Crippen LogP contribution in [0.2, 0.25) is 0 Å². The average molecular weight is 374 g/mol. The van der Waals surface area contributed by atoms with Gasteiger partial charge in [0, 0.05) is 19.3 Å². The third-order valence-electron chi connectivity index (χ3n) is 5.42. The van der Waals surface area contributed by atoms with E-state index < -0.39 is 6.09 Å². The molecule has 1 N–H and O–H groups in total. The minimum atomic E-state index is -0.957. The summed E-state index contributed by atoms with van der Waals surface area (Å²) in [5, 5.41) is 11.4. The van der Waals surface area contributed by atoms with Crippen LogP contribution in [0.15, 0.2) is 65.6 Å². The summed E-state index contributed by atoms with van der Waals surface area (Å²) < 4.78 is 3.31. The molecule has 1 aliphatic rings. The van der Waals surface area contributed by atoms with Crippen molar-refractivity contribution in [3.63, 3.8) is 0 Å². The Kier molecular flexibility index (Phi) is 3.68. The molecule has 1 amide bonds. The van der Waals surface area contributed by atoms with Crippen LogP contribution < -0.4 is 5.69 Å². The van der Waals surface area contributed by atoms with Crippen LogP contribution in [0.25, 0.3) is 27.6 Å². The number of likely N-dealkylation sites (tertiary alicyclic amines) is 1. The van der Waals surface area contributed by atoms with Gasteiger partial charge < -0.3 is 10.0 Å². The Balaban J connectivity index is 1.71. The maximum absolute atomic E-state index is 13.4. The molecule has 140 valence electrons. The van der Waals surface area contributed by atoms with E-state index in [4.69, 9.17) is 0 Å². The maximum Gasteiger partial charge on any atom is 0.407 e. The first-order valence-corrected chi connectivity index (χ1v) is 9.18. The van der Waals surface area contributed by atoms with Crippen molar-refractivity contribution < 1.29 is 9.90 Å². The number of carboxylic acid groups (broad SMARTS) is 1. The molecule has 0 radical (unpaired) electrons. The lowest BCUT2D eigenvalue weighted by Crippen LogP contribution is -2.31. The second-order valence-electron chi connectivity index (χ2n) is 7.04. The molecule has 2 aromatic heterocycles. The fourth-order valence-electron chi connectivity index (χ4n) is 4.07. The van der Waals surface area contributed by atoms with Crippen molar-refractivity contribution in [3.05, 3.63) is 71.3 Å². The van der Waals surface area contributed by atoms with Gasteiger partial charge in [-0.3, -0.25) is 9.13 Å². The van der Waals surface area contributed by atoms with E-state index in [0.717, 1.165) is 22.0 Å². The Morgan fingerprint density at radius 1 is 1.07 bits per heavy atom. The molecule has 1 saturated heterocycles. The van der Waals surface area contributed by atoms with Gasteiger partial charge in [-0.25, -0.2) is 14.6 Å². The van der Waals surface area contributed by atoms with Crippen molar-refractivity contribution in [1.29, 1.82) is 0 Å². The SMILES string of the molecule is O=C(O)N1CCC(n2c(=O)n(-c3ccc4ccccc4c3)c3cccnc32)C1. The third-order valence-corrected chi connectivity index (χ3v) is 5.42. The monoisotopic (exact) mass is 374 g/mol. The smallest absolute Gasteiger partial charge is 0.407 e. The molecule has 3 heterocycles. The highest BCUT2D eigenvalue weighted by atomic mass is 16.4. The second kappa shape index (κ2) is 6.23. The van der Waals surface area contributed by atoms with Crippen LogP contribution >= 0.6 is 0 Å². The quantitative estimate of drug-likeness (QED) is 0.584. The summed E-state index contributed by atoms with van der Waals surface area (Å²) in [6, 6.07) is 17.4. The number of benzene rings is 2. The summed E-state index contributed by atoms with van der Waals surface area (Å²) >= 11 is 0. The molecule has 7 nitrogen and oxygen atoms in total. The molecule has 4 aromatic rings. The number of fused-ring (bicyclic) bond motifs is 2. The number of pyridine rings is 1. The molecule has 0 bridgehead atoms. The molecule has 1 fully saturated rings. The third kappa shape index (κ3) is 2.47. The highest BCUT2D eigenvalue weighted by Crippen LogP contribution is 2.26. The predicted octanol–water partition coefficient (Wildman–Crippen LogP) is 3.27. The first-order valence-electron chi connectivity index (χ1n) is 9.18. The van der Waals surface area contributed by atoms with E-state index in [1.165, 1.54) is 4.90 Å². The molecule has 1 aliphatic heterocycles. The summed E-state index contributed by atoms with van der Waals surface area (Å²) in [6.07, 6.45) is 1.30. The normalized spacial score (nSPS) is 16.9. The highest BCUT2D eigenvalue weighted by Gasteiger charge is 2.31. The summed E-state index contributed by atoms with van der Waals surface area (Å²) in [4.78, 5) is 30.5. The fraction of sp³-hybridized carbons (Fsp3) is 0.190. The molecule has 1 atom stereocenters. The molecule has 0 aliphatic carbocycles. The van der Waals surface area contributed by atoms with Gasteiger partial charge in [-0.05, 0) is 41.5 Å². The van der Waals surface area contributed by atoms with Crippen LogP contribution in [0.1, 0.15) is 12.5 Å². The zero-order valence-electron chi connectivity index (χ0n) is 15.0. The topological polar surface area (TPSA) is 80.4 Å². The Morgan fingerprint density at radius 2 is 1.89 bits per heavy atom. The van der Waals surface area contributed by atoms with Crippen molar-refractivity contribution in [1.82, 2.24) is 19.0 Å². The number of amides is 1. The van der Waals surface area contributed by atoms with Gasteiger partial charge in [-0.15, -0.1) is 0 Å². The van der Waals surface area contributed by atoms with Gasteiger partial charge in [0.2, 0.25) is 0 Å². The van der Waals surface area contributed by atoms with Crippen LogP contribution in [0.3, 0.4) is 0 Å². The lowest BCUT2D eigenvalue weighted by molar-refractivity contribution is 0.154. The largest absolute Gasteiger partial charge is 0.465 e. The zero-order valence-corrected chi connectivity index (χ0v) is 15.0. The number of carbonyl (C=O) groups is 1. The Bertz CT molecular complexity index is 1270. The van der Waals surface area contributed by atoms with Crippen LogP contribution in [-0.4, -0.2) is 43.3 Å². The second-order valence-corrected chi connectivity index (χ2v) is 7.04. The van der Waals surface area contributed by atoms with Gasteiger partial charge >= 0.3 is 11.8 Å². The summed E-state index contributed by atoms with van der Waals surface area (Å²) in [6.45, 7) is 0.713. The zero-order chi connectivity index (χ0) is 19.3. The number of nitrogens with zero attached hydrogens (tertiary/aromatic N) is 4. The molecular weight excluding hydrogens is 356 g/mol. The van der Waals surface area contributed by atoms with Crippen molar-refractivity contribution in [2.24, 2.45) is 0 Å². The van der Waals surface area contributed by atoms with Crippen LogP contribution in [0.5, 0.6) is 0 Å². The molecule has 1 unspecified atom stereocenters. The average Bonchev–Trinajstić information content (AvgIpc) is 3.29. The number of rotatable bonds is 2. The van der Waals surface area contributed by atoms with Gasteiger partial charge in [0.1, 0.15) is 0 Å². The standard InChI is InChI=1S/C21H18N4O3/c26-20-24(16-8-7-14-4-1-2-5-15(14)12-16)18-6-3-10-22-19(18)25(20)17-9-11-23(13-17)21(27)28/h1-8,10,12,17H,9,11,13H2,(H,27,28). The van der Waals surface area contributed by atoms with Gasteiger partial charge in [-0.2, -0.15) is 0 Å². The highest BCUT2D eigenvalue weighted by molar-refractivity contribution is 5.85. The van der Waals surface area contributed by atoms with E-state index in [0.29, 0.717) is 25.2 Å². The van der Waals surface area contributed by atoms with E-state index in [9.17, 15) is 14.7 Å². The lowest BCUT2D eigenvalue weighted by Gasteiger charge is -2.13. The minimum absolute atomic E-state index is 0.193.